The van der Waals surface area contributed by atoms with Gasteiger partial charge >= 0.3 is 5.69 Å². The molecule has 0 radical (unpaired) electrons. The minimum Gasteiger partial charge on any atom is -0.396 e. The van der Waals surface area contributed by atoms with E-state index in [1.807, 2.05) is 0 Å². The first-order valence-electron chi connectivity index (χ1n) is 5.83. The predicted octanol–water partition coefficient (Wildman–Crippen LogP) is -0.388. The van der Waals surface area contributed by atoms with Gasteiger partial charge in [-0.1, -0.05) is 15.9 Å². The van der Waals surface area contributed by atoms with Crippen LogP contribution in [0.3, 0.4) is 0 Å². The van der Waals surface area contributed by atoms with Crippen molar-refractivity contribution in [3.05, 3.63) is 37.6 Å². The molecule has 6 nitrogen and oxygen atoms in total. The topological polar surface area (TPSA) is 84.5 Å². The van der Waals surface area contributed by atoms with E-state index in [0.717, 1.165) is 4.57 Å². The second kappa shape index (κ2) is 5.07. The Morgan fingerprint density at radius 2 is 2.21 bits per heavy atom. The van der Waals surface area contributed by atoms with Gasteiger partial charge in [-0.15, -0.1) is 0 Å². The third-order valence-electron chi connectivity index (χ3n) is 3.73. The molecule has 2 N–H and O–H groups in total. The molecule has 1 heterocycles. The van der Waals surface area contributed by atoms with Crippen LogP contribution < -0.4 is 11.2 Å². The van der Waals surface area contributed by atoms with Gasteiger partial charge in [0.2, 0.25) is 0 Å². The fourth-order valence-corrected chi connectivity index (χ4v) is 2.64. The number of hydrogen-bond donors (Lipinski definition) is 2. The zero-order valence-corrected chi connectivity index (χ0v) is 12.0. The molecular weight excluding hydrogens is 316 g/mol. The molecule has 2 rings (SSSR count). The monoisotopic (exact) mass is 330 g/mol. The van der Waals surface area contributed by atoms with Gasteiger partial charge in [-0.05, 0) is 17.5 Å². The Hall–Kier alpha value is -1.18. The minimum atomic E-state index is -0.786. The van der Waals surface area contributed by atoms with E-state index in [-0.39, 0.29) is 19.1 Å². The Labute approximate surface area is 117 Å². The number of hydrogen-bond acceptors (Lipinski definition) is 4. The van der Waals surface area contributed by atoms with Crippen molar-refractivity contribution in [1.29, 1.82) is 0 Å². The molecule has 0 saturated heterocycles. The fourth-order valence-electron chi connectivity index (χ4n) is 2.36. The molecule has 1 aromatic rings. The van der Waals surface area contributed by atoms with Crippen molar-refractivity contribution in [2.75, 3.05) is 13.2 Å². The summed E-state index contributed by atoms with van der Waals surface area (Å²) in [5.74, 6) is -0.159. The highest BCUT2D eigenvalue weighted by Crippen LogP contribution is 2.48. The summed E-state index contributed by atoms with van der Waals surface area (Å²) in [6.07, 6.45) is 3.50. The van der Waals surface area contributed by atoms with Crippen LogP contribution in [-0.2, 0) is 12.6 Å². The van der Waals surface area contributed by atoms with Gasteiger partial charge in [0.25, 0.3) is 5.56 Å². The SMILES string of the molecule is Cn1c(=O)c(/C=C/Br)cn([C@@]2(CO)C[C@H]2CO)c1=O. The normalized spacial score (nSPS) is 26.0. The second-order valence-corrected chi connectivity index (χ2v) is 5.27. The molecule has 0 aliphatic heterocycles. The van der Waals surface area contributed by atoms with Crippen molar-refractivity contribution in [3.63, 3.8) is 0 Å². The summed E-state index contributed by atoms with van der Waals surface area (Å²) in [6.45, 7) is -0.340. The molecule has 0 bridgehead atoms. The molecule has 1 aliphatic rings. The zero-order valence-electron chi connectivity index (χ0n) is 10.4. The summed E-state index contributed by atoms with van der Waals surface area (Å²) in [4.78, 5) is 25.6. The van der Waals surface area contributed by atoms with Crippen molar-refractivity contribution in [1.82, 2.24) is 9.13 Å². The molecule has 104 valence electrons. The van der Waals surface area contributed by atoms with E-state index in [2.05, 4.69) is 15.9 Å². The Balaban J connectivity index is 2.65. The number of halogens is 1. The lowest BCUT2D eigenvalue weighted by atomic mass is 10.2. The van der Waals surface area contributed by atoms with Gasteiger partial charge in [0.05, 0.1) is 17.7 Å². The number of rotatable bonds is 4. The smallest absolute Gasteiger partial charge is 0.331 e. The van der Waals surface area contributed by atoms with Gasteiger partial charge in [-0.25, -0.2) is 4.79 Å². The quantitative estimate of drug-likeness (QED) is 0.787. The van der Waals surface area contributed by atoms with E-state index in [0.29, 0.717) is 12.0 Å². The van der Waals surface area contributed by atoms with Crippen LogP contribution >= 0.6 is 15.9 Å². The van der Waals surface area contributed by atoms with Gasteiger partial charge in [0.15, 0.2) is 0 Å². The van der Waals surface area contributed by atoms with Gasteiger partial charge in [-0.3, -0.25) is 13.9 Å². The van der Waals surface area contributed by atoms with Gasteiger partial charge < -0.3 is 10.2 Å². The third-order valence-corrected chi connectivity index (χ3v) is 3.99. The van der Waals surface area contributed by atoms with Crippen molar-refractivity contribution < 1.29 is 10.2 Å². The van der Waals surface area contributed by atoms with Crippen LogP contribution in [0.2, 0.25) is 0 Å². The standard InChI is InChI=1S/C12H15BrN2O4/c1-14-10(18)8(2-3-13)5-15(11(14)19)12(7-17)4-9(12)6-16/h2-3,5,9,16-17H,4,6-7H2,1H3/b3-2+/t9-,12+/m0/s1. The molecule has 1 fully saturated rings. The molecule has 0 spiro atoms. The van der Waals surface area contributed by atoms with Crippen LogP contribution in [0.5, 0.6) is 0 Å². The lowest BCUT2D eigenvalue weighted by molar-refractivity contribution is 0.170. The van der Waals surface area contributed by atoms with Crippen molar-refractivity contribution in [3.8, 4) is 0 Å². The molecule has 1 aromatic heterocycles. The molecule has 0 unspecified atom stereocenters. The largest absolute Gasteiger partial charge is 0.396 e. The third kappa shape index (κ3) is 2.11. The van der Waals surface area contributed by atoms with Crippen LogP contribution in [0.25, 0.3) is 6.08 Å². The van der Waals surface area contributed by atoms with Crippen LogP contribution in [-0.4, -0.2) is 32.6 Å². The minimum absolute atomic E-state index is 0.0978. The highest BCUT2D eigenvalue weighted by molar-refractivity contribution is 9.11. The summed E-state index contributed by atoms with van der Waals surface area (Å²) in [6, 6.07) is 0. The van der Waals surface area contributed by atoms with E-state index >= 15 is 0 Å². The summed E-state index contributed by atoms with van der Waals surface area (Å²) in [5, 5.41) is 18.7. The number of aromatic nitrogens is 2. The molecule has 0 aromatic carbocycles. The molecule has 19 heavy (non-hydrogen) atoms. The van der Waals surface area contributed by atoms with Gasteiger partial charge in [-0.2, -0.15) is 0 Å². The van der Waals surface area contributed by atoms with Crippen molar-refractivity contribution in [2.45, 2.75) is 12.0 Å². The Kier molecular flexibility index (Phi) is 3.80. The molecule has 0 amide bonds. The first-order valence-corrected chi connectivity index (χ1v) is 6.75. The average molecular weight is 331 g/mol. The first-order chi connectivity index (χ1) is 9.01. The van der Waals surface area contributed by atoms with Gasteiger partial charge in [0.1, 0.15) is 0 Å². The molecule has 1 saturated carbocycles. The van der Waals surface area contributed by atoms with Gasteiger partial charge in [0, 0.05) is 25.8 Å². The maximum Gasteiger partial charge on any atom is 0.331 e. The molecule has 1 aliphatic carbocycles. The molecular formula is C12H15BrN2O4. The first kappa shape index (κ1) is 14.2. The summed E-state index contributed by atoms with van der Waals surface area (Å²) < 4.78 is 2.37. The van der Waals surface area contributed by atoms with Crippen molar-refractivity contribution >= 4 is 22.0 Å². The maximum absolute atomic E-state index is 12.2. The molecule has 2 atom stereocenters. The van der Waals surface area contributed by atoms with E-state index in [4.69, 9.17) is 0 Å². The highest BCUT2D eigenvalue weighted by atomic mass is 79.9. The number of nitrogens with zero attached hydrogens (tertiary/aromatic N) is 2. The Morgan fingerprint density at radius 1 is 1.53 bits per heavy atom. The maximum atomic E-state index is 12.2. The highest BCUT2D eigenvalue weighted by Gasteiger charge is 2.55. The fraction of sp³-hybridized carbons (Fsp3) is 0.500. The predicted molar refractivity (Wildman–Crippen MR) is 74.2 cm³/mol. The molecule has 7 heteroatoms. The van der Waals surface area contributed by atoms with Crippen LogP contribution in [0.15, 0.2) is 20.8 Å². The van der Waals surface area contributed by atoms with Crippen LogP contribution in [0, 0.1) is 5.92 Å². The number of aliphatic hydroxyl groups is 2. The van der Waals surface area contributed by atoms with Crippen molar-refractivity contribution in [2.24, 2.45) is 13.0 Å². The van der Waals surface area contributed by atoms with E-state index in [1.165, 1.54) is 22.8 Å². The van der Waals surface area contributed by atoms with Crippen LogP contribution in [0.4, 0.5) is 0 Å². The lowest BCUT2D eigenvalue weighted by Crippen LogP contribution is -2.44. The Bertz CT molecular complexity index is 634. The van der Waals surface area contributed by atoms with Crippen LogP contribution in [0.1, 0.15) is 12.0 Å². The zero-order chi connectivity index (χ0) is 14.2. The Morgan fingerprint density at radius 3 is 2.68 bits per heavy atom. The average Bonchev–Trinajstić information content (AvgIpc) is 3.14. The summed E-state index contributed by atoms with van der Waals surface area (Å²) in [5.41, 5.74) is -1.32. The van der Waals surface area contributed by atoms with E-state index in [9.17, 15) is 19.8 Å². The number of aliphatic hydroxyl groups excluding tert-OH is 2. The lowest BCUT2D eigenvalue weighted by Gasteiger charge is -2.19. The van der Waals surface area contributed by atoms with E-state index < -0.39 is 16.8 Å². The second-order valence-electron chi connectivity index (χ2n) is 4.74. The van der Waals surface area contributed by atoms with E-state index in [1.54, 1.807) is 6.08 Å². The summed E-state index contributed by atoms with van der Waals surface area (Å²) >= 11 is 3.09. The summed E-state index contributed by atoms with van der Waals surface area (Å²) in [7, 11) is 1.40.